The Labute approximate surface area is 88.2 Å². The van der Waals surface area contributed by atoms with Crippen LogP contribution < -0.4 is 10.6 Å². The molecule has 0 spiro atoms. The van der Waals surface area contributed by atoms with Crippen molar-refractivity contribution in [1.29, 1.82) is 0 Å². The van der Waals surface area contributed by atoms with E-state index in [2.05, 4.69) is 15.8 Å². The standard InChI is InChI=1S/C10H15N3O2/c1-7-6-9(15-13-7)12-10(14)8-4-2-3-5-11-8/h6,8,11H,2-5H2,1H3,(H,12,14)/t8-/m0/s1. The molecule has 82 valence electrons. The van der Waals surface area contributed by atoms with Gasteiger partial charge in [0.1, 0.15) is 0 Å². The van der Waals surface area contributed by atoms with Crippen LogP contribution in [0.2, 0.25) is 0 Å². The molecule has 1 aromatic heterocycles. The molecule has 2 rings (SSSR count). The van der Waals surface area contributed by atoms with E-state index in [4.69, 9.17) is 4.52 Å². The lowest BCUT2D eigenvalue weighted by Gasteiger charge is -2.21. The highest BCUT2D eigenvalue weighted by Gasteiger charge is 2.21. The number of amides is 1. The Bertz CT molecular complexity index is 342. The number of aryl methyl sites for hydroxylation is 1. The molecule has 15 heavy (non-hydrogen) atoms. The second-order valence-corrected chi connectivity index (χ2v) is 3.82. The van der Waals surface area contributed by atoms with Crippen molar-refractivity contribution in [2.75, 3.05) is 11.9 Å². The van der Waals surface area contributed by atoms with E-state index in [1.54, 1.807) is 6.07 Å². The third-order valence-corrected chi connectivity index (χ3v) is 2.50. The summed E-state index contributed by atoms with van der Waals surface area (Å²) in [4.78, 5) is 11.7. The van der Waals surface area contributed by atoms with E-state index in [1.807, 2.05) is 6.92 Å². The fourth-order valence-corrected chi connectivity index (χ4v) is 1.71. The number of hydrogen-bond acceptors (Lipinski definition) is 4. The van der Waals surface area contributed by atoms with Crippen LogP contribution in [-0.2, 0) is 4.79 Å². The zero-order valence-electron chi connectivity index (χ0n) is 8.75. The smallest absolute Gasteiger partial charge is 0.243 e. The number of aromatic nitrogens is 1. The first-order valence-electron chi connectivity index (χ1n) is 5.23. The fraction of sp³-hybridized carbons (Fsp3) is 0.600. The van der Waals surface area contributed by atoms with Gasteiger partial charge in [-0.1, -0.05) is 11.6 Å². The Morgan fingerprint density at radius 1 is 1.67 bits per heavy atom. The highest BCUT2D eigenvalue weighted by atomic mass is 16.5. The zero-order chi connectivity index (χ0) is 10.7. The van der Waals surface area contributed by atoms with Crippen molar-refractivity contribution in [2.45, 2.75) is 32.2 Å². The molecule has 0 saturated carbocycles. The lowest BCUT2D eigenvalue weighted by molar-refractivity contribution is -0.118. The van der Waals surface area contributed by atoms with E-state index in [1.165, 1.54) is 0 Å². The van der Waals surface area contributed by atoms with E-state index >= 15 is 0 Å². The van der Waals surface area contributed by atoms with Crippen molar-refractivity contribution < 1.29 is 9.32 Å². The minimum absolute atomic E-state index is 0.0362. The Hall–Kier alpha value is -1.36. The second kappa shape index (κ2) is 4.44. The summed E-state index contributed by atoms with van der Waals surface area (Å²) in [5, 5.41) is 9.58. The molecule has 0 bridgehead atoms. The van der Waals surface area contributed by atoms with Gasteiger partial charge in [-0.3, -0.25) is 10.1 Å². The van der Waals surface area contributed by atoms with Gasteiger partial charge < -0.3 is 9.84 Å². The van der Waals surface area contributed by atoms with Crippen molar-refractivity contribution >= 4 is 11.8 Å². The Kier molecular flexibility index (Phi) is 3.01. The molecular formula is C10H15N3O2. The average molecular weight is 209 g/mol. The Morgan fingerprint density at radius 3 is 3.13 bits per heavy atom. The summed E-state index contributed by atoms with van der Waals surface area (Å²) in [5.74, 6) is 0.385. The van der Waals surface area contributed by atoms with Gasteiger partial charge in [0.15, 0.2) is 0 Å². The van der Waals surface area contributed by atoms with Gasteiger partial charge in [0.2, 0.25) is 11.8 Å². The fourth-order valence-electron chi connectivity index (χ4n) is 1.71. The van der Waals surface area contributed by atoms with Crippen LogP contribution in [0.4, 0.5) is 5.88 Å². The molecule has 1 aromatic rings. The van der Waals surface area contributed by atoms with Gasteiger partial charge in [-0.25, -0.2) is 0 Å². The van der Waals surface area contributed by atoms with Gasteiger partial charge in [-0.05, 0) is 26.3 Å². The van der Waals surface area contributed by atoms with Crippen molar-refractivity contribution in [2.24, 2.45) is 0 Å². The van der Waals surface area contributed by atoms with Gasteiger partial charge >= 0.3 is 0 Å². The second-order valence-electron chi connectivity index (χ2n) is 3.82. The van der Waals surface area contributed by atoms with E-state index < -0.39 is 0 Å². The third-order valence-electron chi connectivity index (χ3n) is 2.50. The van der Waals surface area contributed by atoms with Gasteiger partial charge in [0.25, 0.3) is 0 Å². The van der Waals surface area contributed by atoms with Crippen LogP contribution in [-0.4, -0.2) is 23.7 Å². The van der Waals surface area contributed by atoms with Crippen molar-refractivity contribution in [3.8, 4) is 0 Å². The van der Waals surface area contributed by atoms with Gasteiger partial charge in [-0.2, -0.15) is 0 Å². The van der Waals surface area contributed by atoms with Crippen molar-refractivity contribution in [3.63, 3.8) is 0 Å². The van der Waals surface area contributed by atoms with Crippen LogP contribution in [0, 0.1) is 6.92 Å². The summed E-state index contributed by atoms with van der Waals surface area (Å²) in [6, 6.07) is 1.62. The van der Waals surface area contributed by atoms with Crippen LogP contribution in [0.5, 0.6) is 0 Å². The number of carbonyl (C=O) groups is 1. The molecule has 2 heterocycles. The first kappa shape index (κ1) is 10.2. The predicted molar refractivity (Wildman–Crippen MR) is 55.5 cm³/mol. The van der Waals surface area contributed by atoms with Gasteiger partial charge in [0.05, 0.1) is 11.7 Å². The van der Waals surface area contributed by atoms with Crippen molar-refractivity contribution in [3.05, 3.63) is 11.8 Å². The molecule has 0 radical (unpaired) electrons. The Balaban J connectivity index is 1.91. The van der Waals surface area contributed by atoms with Crippen LogP contribution in [0.1, 0.15) is 25.0 Å². The molecule has 1 fully saturated rings. The molecular weight excluding hydrogens is 194 g/mol. The molecule has 0 unspecified atom stereocenters. The molecule has 1 saturated heterocycles. The summed E-state index contributed by atoms with van der Waals surface area (Å²) >= 11 is 0. The van der Waals surface area contributed by atoms with Gasteiger partial charge in [0, 0.05) is 6.07 Å². The summed E-state index contributed by atoms with van der Waals surface area (Å²) in [5.41, 5.74) is 0.766. The average Bonchev–Trinajstić information content (AvgIpc) is 2.65. The quantitative estimate of drug-likeness (QED) is 0.764. The lowest BCUT2D eigenvalue weighted by Crippen LogP contribution is -2.43. The molecule has 5 nitrogen and oxygen atoms in total. The number of nitrogens with zero attached hydrogens (tertiary/aromatic N) is 1. The van der Waals surface area contributed by atoms with E-state index in [9.17, 15) is 4.79 Å². The van der Waals surface area contributed by atoms with Crippen LogP contribution in [0.15, 0.2) is 10.6 Å². The zero-order valence-corrected chi connectivity index (χ0v) is 8.75. The highest BCUT2D eigenvalue weighted by molar-refractivity contribution is 5.93. The number of anilines is 1. The third kappa shape index (κ3) is 2.56. The summed E-state index contributed by atoms with van der Waals surface area (Å²) < 4.78 is 4.92. The monoisotopic (exact) mass is 209 g/mol. The largest absolute Gasteiger partial charge is 0.338 e. The first-order chi connectivity index (χ1) is 7.25. The number of hydrogen-bond donors (Lipinski definition) is 2. The van der Waals surface area contributed by atoms with Crippen LogP contribution in [0.25, 0.3) is 0 Å². The van der Waals surface area contributed by atoms with E-state index in [0.717, 1.165) is 31.5 Å². The summed E-state index contributed by atoms with van der Waals surface area (Å²) in [6.07, 6.45) is 3.13. The molecule has 0 aliphatic carbocycles. The molecule has 1 aliphatic heterocycles. The van der Waals surface area contributed by atoms with Crippen LogP contribution in [0.3, 0.4) is 0 Å². The predicted octanol–water partition coefficient (Wildman–Crippen LogP) is 1.06. The minimum Gasteiger partial charge on any atom is -0.338 e. The number of piperidine rings is 1. The normalized spacial score (nSPS) is 21.3. The summed E-state index contributed by atoms with van der Waals surface area (Å²) in [7, 11) is 0. The Morgan fingerprint density at radius 2 is 2.53 bits per heavy atom. The lowest BCUT2D eigenvalue weighted by atomic mass is 10.0. The maximum atomic E-state index is 11.7. The maximum Gasteiger partial charge on any atom is 0.243 e. The molecule has 1 aliphatic rings. The SMILES string of the molecule is Cc1cc(NC(=O)[C@@H]2CCCCN2)on1. The summed E-state index contributed by atoms with van der Waals surface area (Å²) in [6.45, 7) is 2.73. The number of nitrogens with one attached hydrogen (secondary N) is 2. The highest BCUT2D eigenvalue weighted by Crippen LogP contribution is 2.12. The minimum atomic E-state index is -0.0934. The molecule has 1 amide bonds. The molecule has 2 N–H and O–H groups in total. The molecule has 5 heteroatoms. The van der Waals surface area contributed by atoms with E-state index in [0.29, 0.717) is 5.88 Å². The first-order valence-corrected chi connectivity index (χ1v) is 5.23. The molecule has 1 atom stereocenters. The van der Waals surface area contributed by atoms with E-state index in [-0.39, 0.29) is 11.9 Å². The molecule has 0 aromatic carbocycles. The van der Waals surface area contributed by atoms with Crippen LogP contribution >= 0.6 is 0 Å². The number of rotatable bonds is 2. The maximum absolute atomic E-state index is 11.7. The van der Waals surface area contributed by atoms with Crippen molar-refractivity contribution in [1.82, 2.24) is 10.5 Å². The van der Waals surface area contributed by atoms with Gasteiger partial charge in [-0.15, -0.1) is 0 Å². The number of carbonyl (C=O) groups excluding carboxylic acids is 1. The topological polar surface area (TPSA) is 67.2 Å².